The van der Waals surface area contributed by atoms with E-state index in [1.807, 2.05) is 36.6 Å². The standard InChI is InChI=1S/C22H22N2O4S/c1-5-12-24-17-10-9-16(26-4)14-20(17)29-22(24)23-21(25)15-8-11-18(27-6-2)19(13-15)28-7-3/h1,8-11,13-14H,6-7,12H2,2-4H3. The number of hydrogen-bond donors (Lipinski definition) is 0. The average molecular weight is 410 g/mol. The average Bonchev–Trinajstić information content (AvgIpc) is 3.06. The monoisotopic (exact) mass is 410 g/mol. The number of hydrogen-bond acceptors (Lipinski definition) is 5. The summed E-state index contributed by atoms with van der Waals surface area (Å²) in [5, 5.41) is 0. The number of aromatic nitrogens is 1. The number of ether oxygens (including phenoxy) is 3. The van der Waals surface area contributed by atoms with Crippen LogP contribution in [-0.4, -0.2) is 30.8 Å². The van der Waals surface area contributed by atoms with Crippen LogP contribution in [0.4, 0.5) is 0 Å². The van der Waals surface area contributed by atoms with E-state index >= 15 is 0 Å². The number of rotatable bonds is 7. The van der Waals surface area contributed by atoms with Crippen molar-refractivity contribution in [3.05, 3.63) is 46.8 Å². The first-order valence-corrected chi connectivity index (χ1v) is 10.0. The molecule has 1 amide bonds. The molecule has 1 heterocycles. The molecule has 0 bridgehead atoms. The van der Waals surface area contributed by atoms with Gasteiger partial charge in [-0.05, 0) is 50.2 Å². The lowest BCUT2D eigenvalue weighted by Crippen LogP contribution is -2.16. The molecule has 0 radical (unpaired) electrons. The second kappa shape index (κ2) is 9.30. The Kier molecular flexibility index (Phi) is 6.57. The van der Waals surface area contributed by atoms with E-state index in [2.05, 4.69) is 10.9 Å². The molecule has 0 spiro atoms. The Hall–Kier alpha value is -3.24. The second-order valence-electron chi connectivity index (χ2n) is 5.95. The Bertz CT molecular complexity index is 1140. The summed E-state index contributed by atoms with van der Waals surface area (Å²) in [6.07, 6.45) is 5.53. The van der Waals surface area contributed by atoms with Gasteiger partial charge in [0.05, 0.1) is 37.1 Å². The summed E-state index contributed by atoms with van der Waals surface area (Å²) >= 11 is 1.39. The van der Waals surface area contributed by atoms with Gasteiger partial charge in [0.25, 0.3) is 5.91 Å². The van der Waals surface area contributed by atoms with Crippen molar-refractivity contribution < 1.29 is 19.0 Å². The van der Waals surface area contributed by atoms with Crippen molar-refractivity contribution in [2.24, 2.45) is 4.99 Å². The minimum Gasteiger partial charge on any atom is -0.497 e. The lowest BCUT2D eigenvalue weighted by Gasteiger charge is -2.11. The molecular formula is C22H22N2O4S. The summed E-state index contributed by atoms with van der Waals surface area (Å²) in [5.74, 6) is 4.10. The quantitative estimate of drug-likeness (QED) is 0.555. The molecule has 0 N–H and O–H groups in total. The van der Waals surface area contributed by atoms with Crippen LogP contribution in [-0.2, 0) is 6.54 Å². The predicted molar refractivity (Wildman–Crippen MR) is 114 cm³/mol. The van der Waals surface area contributed by atoms with Gasteiger partial charge in [-0.2, -0.15) is 4.99 Å². The summed E-state index contributed by atoms with van der Waals surface area (Å²) in [4.78, 5) is 17.7. The third kappa shape index (κ3) is 4.44. The van der Waals surface area contributed by atoms with E-state index in [0.29, 0.717) is 41.6 Å². The highest BCUT2D eigenvalue weighted by atomic mass is 32.1. The maximum absolute atomic E-state index is 12.9. The molecule has 0 saturated carbocycles. The fraction of sp³-hybridized carbons (Fsp3) is 0.273. The zero-order valence-corrected chi connectivity index (χ0v) is 17.4. The number of amides is 1. The number of carbonyl (C=O) groups is 1. The Balaban J connectivity index is 2.06. The maximum Gasteiger partial charge on any atom is 0.279 e. The number of methoxy groups -OCH3 is 1. The molecule has 3 rings (SSSR count). The number of nitrogens with zero attached hydrogens (tertiary/aromatic N) is 2. The van der Waals surface area contributed by atoms with Crippen LogP contribution in [0.2, 0.25) is 0 Å². The van der Waals surface area contributed by atoms with E-state index in [0.717, 1.165) is 16.0 Å². The molecule has 7 heteroatoms. The van der Waals surface area contributed by atoms with Gasteiger partial charge in [0.15, 0.2) is 16.3 Å². The molecule has 6 nitrogen and oxygen atoms in total. The molecule has 3 aromatic rings. The van der Waals surface area contributed by atoms with Crippen molar-refractivity contribution in [1.82, 2.24) is 4.57 Å². The molecular weight excluding hydrogens is 388 g/mol. The van der Waals surface area contributed by atoms with Crippen molar-refractivity contribution in [3.63, 3.8) is 0 Å². The molecule has 2 aromatic carbocycles. The third-order valence-corrected chi connectivity index (χ3v) is 5.17. The summed E-state index contributed by atoms with van der Waals surface area (Å²) < 4.78 is 19.2. The molecule has 29 heavy (non-hydrogen) atoms. The van der Waals surface area contributed by atoms with Gasteiger partial charge in [0.1, 0.15) is 5.75 Å². The molecule has 0 aliphatic carbocycles. The lowest BCUT2D eigenvalue weighted by atomic mass is 10.2. The van der Waals surface area contributed by atoms with Crippen LogP contribution in [0, 0.1) is 12.3 Å². The van der Waals surface area contributed by atoms with E-state index < -0.39 is 0 Å². The van der Waals surface area contributed by atoms with Crippen molar-refractivity contribution in [2.45, 2.75) is 20.4 Å². The van der Waals surface area contributed by atoms with Crippen LogP contribution in [0.25, 0.3) is 10.2 Å². The van der Waals surface area contributed by atoms with Crippen LogP contribution in [0.5, 0.6) is 17.2 Å². The molecule has 0 atom stereocenters. The minimum atomic E-state index is -0.377. The topological polar surface area (TPSA) is 62.1 Å². The van der Waals surface area contributed by atoms with E-state index in [-0.39, 0.29) is 5.91 Å². The molecule has 150 valence electrons. The Morgan fingerprint density at radius 2 is 1.90 bits per heavy atom. The van der Waals surface area contributed by atoms with E-state index in [4.69, 9.17) is 20.6 Å². The van der Waals surface area contributed by atoms with Gasteiger partial charge in [-0.1, -0.05) is 17.3 Å². The number of benzene rings is 2. The van der Waals surface area contributed by atoms with Crippen LogP contribution in [0.3, 0.4) is 0 Å². The molecule has 0 fully saturated rings. The Morgan fingerprint density at radius 1 is 1.14 bits per heavy atom. The number of terminal acetylenes is 1. The van der Waals surface area contributed by atoms with Crippen LogP contribution >= 0.6 is 11.3 Å². The highest BCUT2D eigenvalue weighted by Crippen LogP contribution is 2.29. The smallest absolute Gasteiger partial charge is 0.279 e. The maximum atomic E-state index is 12.9. The Morgan fingerprint density at radius 3 is 2.59 bits per heavy atom. The van der Waals surface area contributed by atoms with Gasteiger partial charge in [0, 0.05) is 5.56 Å². The normalized spacial score (nSPS) is 11.3. The zero-order chi connectivity index (χ0) is 20.8. The van der Waals surface area contributed by atoms with Crippen molar-refractivity contribution in [2.75, 3.05) is 20.3 Å². The molecule has 0 unspecified atom stereocenters. The second-order valence-corrected chi connectivity index (χ2v) is 6.96. The fourth-order valence-corrected chi connectivity index (χ4v) is 3.90. The number of carbonyl (C=O) groups excluding carboxylic acids is 1. The van der Waals surface area contributed by atoms with E-state index in [1.165, 1.54) is 11.3 Å². The molecule has 1 aromatic heterocycles. The summed E-state index contributed by atoms with van der Waals surface area (Å²) in [7, 11) is 1.61. The van der Waals surface area contributed by atoms with Crippen molar-refractivity contribution in [1.29, 1.82) is 0 Å². The Labute approximate surface area is 173 Å². The van der Waals surface area contributed by atoms with Gasteiger partial charge in [-0.15, -0.1) is 6.42 Å². The van der Waals surface area contributed by atoms with Crippen LogP contribution < -0.4 is 19.0 Å². The van der Waals surface area contributed by atoms with Crippen LogP contribution in [0.15, 0.2) is 41.4 Å². The van der Waals surface area contributed by atoms with Gasteiger partial charge >= 0.3 is 0 Å². The SMILES string of the molecule is C#CCn1c(=NC(=O)c2ccc(OCC)c(OCC)c2)sc2cc(OC)ccc21. The summed E-state index contributed by atoms with van der Waals surface area (Å²) in [6, 6.07) is 10.7. The summed E-state index contributed by atoms with van der Waals surface area (Å²) in [6.45, 7) is 5.06. The first kappa shape index (κ1) is 20.5. The highest BCUT2D eigenvalue weighted by Gasteiger charge is 2.13. The highest BCUT2D eigenvalue weighted by molar-refractivity contribution is 7.16. The minimum absolute atomic E-state index is 0.311. The molecule has 0 aliphatic rings. The number of thiazole rings is 1. The zero-order valence-electron chi connectivity index (χ0n) is 16.6. The first-order chi connectivity index (χ1) is 14.1. The fourth-order valence-electron chi connectivity index (χ4n) is 2.85. The van der Waals surface area contributed by atoms with Gasteiger partial charge in [0.2, 0.25) is 0 Å². The van der Waals surface area contributed by atoms with Gasteiger partial charge < -0.3 is 18.8 Å². The van der Waals surface area contributed by atoms with Crippen LogP contribution in [0.1, 0.15) is 24.2 Å². The van der Waals surface area contributed by atoms with Gasteiger partial charge in [-0.25, -0.2) is 0 Å². The molecule has 0 saturated heterocycles. The van der Waals surface area contributed by atoms with E-state index in [9.17, 15) is 4.79 Å². The summed E-state index contributed by atoms with van der Waals surface area (Å²) in [5.41, 5.74) is 1.32. The first-order valence-electron chi connectivity index (χ1n) is 9.20. The predicted octanol–water partition coefficient (Wildman–Crippen LogP) is 3.88. The largest absolute Gasteiger partial charge is 0.497 e. The van der Waals surface area contributed by atoms with Crippen molar-refractivity contribution >= 4 is 27.5 Å². The van der Waals surface area contributed by atoms with E-state index in [1.54, 1.807) is 25.3 Å². The lowest BCUT2D eigenvalue weighted by molar-refractivity contribution is 0.0997. The molecule has 0 aliphatic heterocycles. The van der Waals surface area contributed by atoms with Crippen molar-refractivity contribution in [3.8, 4) is 29.6 Å². The number of fused-ring (bicyclic) bond motifs is 1. The van der Waals surface area contributed by atoms with Gasteiger partial charge in [-0.3, -0.25) is 4.79 Å². The third-order valence-electron chi connectivity index (χ3n) is 4.13.